The number of rotatable bonds is 3. The summed E-state index contributed by atoms with van der Waals surface area (Å²) in [6.45, 7) is 2.66. The van der Waals surface area contributed by atoms with Crippen molar-refractivity contribution in [3.05, 3.63) is 48.0 Å². The fourth-order valence-corrected chi connectivity index (χ4v) is 2.24. The van der Waals surface area contributed by atoms with Crippen LogP contribution in [0.5, 0.6) is 11.5 Å². The molecule has 1 aliphatic heterocycles. The summed E-state index contributed by atoms with van der Waals surface area (Å²) in [6.07, 6.45) is 2.86. The molecule has 1 aromatic carbocycles. The predicted octanol–water partition coefficient (Wildman–Crippen LogP) is 1.70. The van der Waals surface area contributed by atoms with Gasteiger partial charge in [-0.1, -0.05) is 12.1 Å². The lowest BCUT2D eigenvalue weighted by molar-refractivity contribution is 0.0517. The van der Waals surface area contributed by atoms with Crippen LogP contribution in [0.3, 0.4) is 0 Å². The summed E-state index contributed by atoms with van der Waals surface area (Å²) in [5.41, 5.74) is 1.10. The molecule has 0 N–H and O–H groups in total. The first-order valence-corrected chi connectivity index (χ1v) is 7.06. The van der Waals surface area contributed by atoms with Crippen LogP contribution in [0.25, 0.3) is 0 Å². The van der Waals surface area contributed by atoms with Gasteiger partial charge in [-0.2, -0.15) is 0 Å². The minimum atomic E-state index is -0.206. The standard InChI is InChI=1S/C16H17N3O3/c1-11-7-18-13(8-17-11)16(20)19(2)9-12-10-21-14-5-3-4-6-15(14)22-12/h3-8,12H,9-10H2,1-2H3. The number of benzene rings is 1. The number of para-hydroxylation sites is 2. The number of fused-ring (bicyclic) bond motifs is 1. The molecule has 0 aliphatic carbocycles. The van der Waals surface area contributed by atoms with Gasteiger partial charge in [0.15, 0.2) is 17.6 Å². The van der Waals surface area contributed by atoms with E-state index in [1.54, 1.807) is 18.1 Å². The number of amides is 1. The van der Waals surface area contributed by atoms with E-state index in [0.29, 0.717) is 24.6 Å². The molecule has 0 saturated carbocycles. The Balaban J connectivity index is 1.64. The number of aromatic nitrogens is 2. The minimum Gasteiger partial charge on any atom is -0.486 e. The molecular weight excluding hydrogens is 282 g/mol. The van der Waals surface area contributed by atoms with Gasteiger partial charge < -0.3 is 14.4 Å². The topological polar surface area (TPSA) is 64.6 Å². The number of nitrogens with zero attached hydrogens (tertiary/aromatic N) is 3. The lowest BCUT2D eigenvalue weighted by Gasteiger charge is -2.29. The molecule has 2 aromatic rings. The van der Waals surface area contributed by atoms with E-state index in [0.717, 1.165) is 11.4 Å². The van der Waals surface area contributed by atoms with Crippen LogP contribution >= 0.6 is 0 Å². The number of hydrogen-bond donors (Lipinski definition) is 0. The van der Waals surface area contributed by atoms with Crippen molar-refractivity contribution in [2.24, 2.45) is 0 Å². The number of likely N-dealkylation sites (N-methyl/N-ethyl adjacent to an activating group) is 1. The average Bonchev–Trinajstić information content (AvgIpc) is 2.55. The Bertz CT molecular complexity index is 673. The number of hydrogen-bond acceptors (Lipinski definition) is 5. The third-order valence-corrected chi connectivity index (χ3v) is 3.39. The summed E-state index contributed by atoms with van der Waals surface area (Å²) < 4.78 is 11.5. The molecular formula is C16H17N3O3. The highest BCUT2D eigenvalue weighted by Crippen LogP contribution is 2.30. The number of carbonyl (C=O) groups excluding carboxylic acids is 1. The zero-order valence-electron chi connectivity index (χ0n) is 12.5. The molecule has 0 fully saturated rings. The lowest BCUT2D eigenvalue weighted by Crippen LogP contribution is -2.42. The summed E-state index contributed by atoms with van der Waals surface area (Å²) in [6, 6.07) is 7.51. The van der Waals surface area contributed by atoms with Gasteiger partial charge >= 0.3 is 0 Å². The monoisotopic (exact) mass is 299 g/mol. The largest absolute Gasteiger partial charge is 0.486 e. The quantitative estimate of drug-likeness (QED) is 0.863. The molecule has 114 valence electrons. The second-order valence-corrected chi connectivity index (χ2v) is 5.23. The fourth-order valence-electron chi connectivity index (χ4n) is 2.24. The van der Waals surface area contributed by atoms with Crippen LogP contribution < -0.4 is 9.47 Å². The van der Waals surface area contributed by atoms with Crippen molar-refractivity contribution in [3.63, 3.8) is 0 Å². The van der Waals surface area contributed by atoms with Crippen molar-refractivity contribution in [1.82, 2.24) is 14.9 Å². The normalized spacial score (nSPS) is 16.2. The maximum absolute atomic E-state index is 12.3. The maximum Gasteiger partial charge on any atom is 0.273 e. The number of ether oxygens (including phenoxy) is 2. The van der Waals surface area contributed by atoms with Gasteiger partial charge in [-0.3, -0.25) is 9.78 Å². The van der Waals surface area contributed by atoms with Crippen LogP contribution in [-0.4, -0.2) is 47.1 Å². The molecule has 3 rings (SSSR count). The molecule has 1 atom stereocenters. The number of carbonyl (C=O) groups is 1. The summed E-state index contributed by atoms with van der Waals surface area (Å²) in [7, 11) is 1.72. The van der Waals surface area contributed by atoms with Crippen molar-refractivity contribution < 1.29 is 14.3 Å². The van der Waals surface area contributed by atoms with Crippen LogP contribution in [0.1, 0.15) is 16.2 Å². The highest BCUT2D eigenvalue weighted by atomic mass is 16.6. The van der Waals surface area contributed by atoms with E-state index in [-0.39, 0.29) is 12.0 Å². The van der Waals surface area contributed by atoms with Crippen molar-refractivity contribution in [2.45, 2.75) is 13.0 Å². The van der Waals surface area contributed by atoms with Gasteiger partial charge in [0.2, 0.25) is 0 Å². The fraction of sp³-hybridized carbons (Fsp3) is 0.312. The maximum atomic E-state index is 12.3. The zero-order valence-corrected chi connectivity index (χ0v) is 12.5. The Hall–Kier alpha value is -2.63. The summed E-state index contributed by atoms with van der Waals surface area (Å²) in [4.78, 5) is 22.1. The minimum absolute atomic E-state index is 0.185. The Morgan fingerprint density at radius 1 is 1.27 bits per heavy atom. The van der Waals surface area contributed by atoms with Crippen LogP contribution in [-0.2, 0) is 0 Å². The van der Waals surface area contributed by atoms with Crippen molar-refractivity contribution in [1.29, 1.82) is 0 Å². The first-order chi connectivity index (χ1) is 10.6. The first kappa shape index (κ1) is 14.3. The molecule has 1 aromatic heterocycles. The van der Waals surface area contributed by atoms with Crippen LogP contribution in [0.15, 0.2) is 36.7 Å². The van der Waals surface area contributed by atoms with Crippen LogP contribution in [0.4, 0.5) is 0 Å². The Labute approximate surface area is 128 Å². The van der Waals surface area contributed by atoms with Crippen molar-refractivity contribution in [3.8, 4) is 11.5 Å². The molecule has 1 amide bonds. The van der Waals surface area contributed by atoms with Crippen molar-refractivity contribution >= 4 is 5.91 Å². The molecule has 22 heavy (non-hydrogen) atoms. The molecule has 1 aliphatic rings. The smallest absolute Gasteiger partial charge is 0.273 e. The van der Waals surface area contributed by atoms with E-state index in [4.69, 9.17) is 9.47 Å². The summed E-state index contributed by atoms with van der Waals surface area (Å²) in [5, 5.41) is 0. The SMILES string of the molecule is Cc1cnc(C(=O)N(C)CC2COc3ccccc3O2)cn1. The van der Waals surface area contributed by atoms with Gasteiger partial charge in [0, 0.05) is 13.2 Å². The molecule has 2 heterocycles. The third-order valence-electron chi connectivity index (χ3n) is 3.39. The summed E-state index contributed by atoms with van der Waals surface area (Å²) in [5.74, 6) is 1.25. The van der Waals surface area contributed by atoms with Crippen molar-refractivity contribution in [2.75, 3.05) is 20.2 Å². The third kappa shape index (κ3) is 3.00. The van der Waals surface area contributed by atoms with Gasteiger partial charge in [-0.15, -0.1) is 0 Å². The van der Waals surface area contributed by atoms with Crippen LogP contribution in [0.2, 0.25) is 0 Å². The second kappa shape index (κ2) is 6.01. The Morgan fingerprint density at radius 2 is 2.05 bits per heavy atom. The van der Waals surface area contributed by atoms with E-state index < -0.39 is 0 Å². The van der Waals surface area contributed by atoms with Crippen LogP contribution in [0, 0.1) is 6.92 Å². The molecule has 0 spiro atoms. The van der Waals surface area contributed by atoms with Gasteiger partial charge in [0.1, 0.15) is 12.3 Å². The molecule has 6 nitrogen and oxygen atoms in total. The molecule has 1 unspecified atom stereocenters. The van der Waals surface area contributed by atoms with E-state index in [1.807, 2.05) is 31.2 Å². The lowest BCUT2D eigenvalue weighted by atomic mass is 10.2. The Morgan fingerprint density at radius 3 is 2.77 bits per heavy atom. The predicted molar refractivity (Wildman–Crippen MR) is 80.1 cm³/mol. The van der Waals surface area contributed by atoms with Gasteiger partial charge in [0.25, 0.3) is 5.91 Å². The molecule has 6 heteroatoms. The van der Waals surface area contributed by atoms with E-state index in [9.17, 15) is 4.79 Å². The molecule has 0 radical (unpaired) electrons. The summed E-state index contributed by atoms with van der Waals surface area (Å²) >= 11 is 0. The Kier molecular flexibility index (Phi) is 3.91. The van der Waals surface area contributed by atoms with E-state index in [1.165, 1.54) is 6.20 Å². The highest BCUT2D eigenvalue weighted by molar-refractivity contribution is 5.91. The molecule has 0 saturated heterocycles. The highest BCUT2D eigenvalue weighted by Gasteiger charge is 2.24. The zero-order chi connectivity index (χ0) is 15.5. The number of aryl methyl sites for hydroxylation is 1. The van der Waals surface area contributed by atoms with Gasteiger partial charge in [-0.05, 0) is 19.1 Å². The second-order valence-electron chi connectivity index (χ2n) is 5.23. The van der Waals surface area contributed by atoms with Gasteiger partial charge in [0.05, 0.1) is 18.4 Å². The molecule has 0 bridgehead atoms. The first-order valence-electron chi connectivity index (χ1n) is 7.06. The van der Waals surface area contributed by atoms with E-state index in [2.05, 4.69) is 9.97 Å². The average molecular weight is 299 g/mol. The van der Waals surface area contributed by atoms with Gasteiger partial charge in [-0.25, -0.2) is 4.98 Å². The van der Waals surface area contributed by atoms with E-state index >= 15 is 0 Å².